The molecule has 1 atom stereocenters. The molecule has 3 nitrogen and oxygen atoms in total. The van der Waals surface area contributed by atoms with E-state index in [0.717, 1.165) is 5.56 Å². The van der Waals surface area contributed by atoms with Crippen LogP contribution in [0.2, 0.25) is 0 Å². The van der Waals surface area contributed by atoms with Crippen molar-refractivity contribution in [3.8, 4) is 0 Å². The molecule has 0 aliphatic rings. The number of carboxylic acid groups (broad SMARTS) is 1. The molecule has 6 heteroatoms. The van der Waals surface area contributed by atoms with E-state index in [9.17, 15) is 9.18 Å². The van der Waals surface area contributed by atoms with Gasteiger partial charge in [0.25, 0.3) is 0 Å². The molecule has 0 aliphatic carbocycles. The first-order valence-electron chi connectivity index (χ1n) is 5.30. The summed E-state index contributed by atoms with van der Waals surface area (Å²) in [6.07, 6.45) is 0. The van der Waals surface area contributed by atoms with Crippen molar-refractivity contribution in [2.24, 2.45) is 5.73 Å². The summed E-state index contributed by atoms with van der Waals surface area (Å²) in [5, 5.41) is 8.91. The van der Waals surface area contributed by atoms with Gasteiger partial charge in [-0.2, -0.15) is 0 Å². The number of hydrogen-bond acceptors (Lipinski definition) is 3. The Morgan fingerprint density at radius 2 is 2.22 bits per heavy atom. The number of halogens is 2. The van der Waals surface area contributed by atoms with Gasteiger partial charge in [0.15, 0.2) is 0 Å². The van der Waals surface area contributed by atoms with Crippen LogP contribution in [-0.4, -0.2) is 21.9 Å². The average molecular weight is 336 g/mol. The third-order valence-corrected chi connectivity index (χ3v) is 4.82. The Bertz CT molecular complexity index is 454. The van der Waals surface area contributed by atoms with Crippen molar-refractivity contribution in [2.75, 3.05) is 0 Å². The predicted molar refractivity (Wildman–Crippen MR) is 75.1 cm³/mol. The molecule has 0 spiro atoms. The van der Waals surface area contributed by atoms with Gasteiger partial charge in [-0.15, -0.1) is 11.8 Å². The molecule has 18 heavy (non-hydrogen) atoms. The zero-order valence-corrected chi connectivity index (χ0v) is 12.5. The monoisotopic (exact) mass is 335 g/mol. The Kier molecular flexibility index (Phi) is 5.19. The molecule has 3 N–H and O–H groups in total. The van der Waals surface area contributed by atoms with Crippen LogP contribution in [0, 0.1) is 5.82 Å². The molecule has 0 saturated carbocycles. The van der Waals surface area contributed by atoms with Crippen LogP contribution >= 0.6 is 27.7 Å². The molecule has 1 aromatic carbocycles. The quantitative estimate of drug-likeness (QED) is 0.868. The van der Waals surface area contributed by atoms with Crippen molar-refractivity contribution in [1.82, 2.24) is 0 Å². The van der Waals surface area contributed by atoms with E-state index < -0.39 is 16.8 Å². The van der Waals surface area contributed by atoms with Gasteiger partial charge in [-0.3, -0.25) is 4.79 Å². The summed E-state index contributed by atoms with van der Waals surface area (Å²) in [6.45, 7) is 3.57. The maximum Gasteiger partial charge on any atom is 0.321 e. The molecule has 0 saturated heterocycles. The summed E-state index contributed by atoms with van der Waals surface area (Å²) in [6, 6.07) is 3.50. The molecule has 1 rings (SSSR count). The van der Waals surface area contributed by atoms with Crippen LogP contribution in [0.3, 0.4) is 0 Å². The number of thioether (sulfide) groups is 1. The summed E-state index contributed by atoms with van der Waals surface area (Å²) < 4.78 is 13.0. The number of rotatable bonds is 5. The van der Waals surface area contributed by atoms with Gasteiger partial charge in [0.1, 0.15) is 11.9 Å². The van der Waals surface area contributed by atoms with E-state index in [1.807, 2.05) is 0 Å². The fourth-order valence-electron chi connectivity index (χ4n) is 1.29. The van der Waals surface area contributed by atoms with Crippen molar-refractivity contribution < 1.29 is 14.3 Å². The highest BCUT2D eigenvalue weighted by Gasteiger charge is 2.32. The predicted octanol–water partition coefficient (Wildman–Crippen LogP) is 3.01. The van der Waals surface area contributed by atoms with E-state index in [-0.39, 0.29) is 5.82 Å². The molecule has 0 amide bonds. The van der Waals surface area contributed by atoms with Crippen LogP contribution in [0.5, 0.6) is 0 Å². The number of benzene rings is 1. The van der Waals surface area contributed by atoms with Crippen LogP contribution in [0.25, 0.3) is 0 Å². The van der Waals surface area contributed by atoms with Gasteiger partial charge < -0.3 is 10.8 Å². The molecule has 0 heterocycles. The van der Waals surface area contributed by atoms with E-state index >= 15 is 0 Å². The molecular weight excluding hydrogens is 321 g/mol. The minimum Gasteiger partial charge on any atom is -0.480 e. The topological polar surface area (TPSA) is 63.3 Å². The van der Waals surface area contributed by atoms with Crippen LogP contribution < -0.4 is 5.73 Å². The normalized spacial score (nSPS) is 13.4. The first-order chi connectivity index (χ1) is 8.24. The lowest BCUT2D eigenvalue weighted by atomic mass is 10.1. The van der Waals surface area contributed by atoms with Gasteiger partial charge >= 0.3 is 5.97 Å². The Hall–Kier alpha value is -0.590. The van der Waals surface area contributed by atoms with E-state index in [1.165, 1.54) is 23.9 Å². The number of hydrogen-bond donors (Lipinski definition) is 2. The van der Waals surface area contributed by atoms with Gasteiger partial charge in [0.2, 0.25) is 0 Å². The number of aliphatic carboxylic acids is 1. The molecule has 100 valence electrons. The van der Waals surface area contributed by atoms with Gasteiger partial charge in [0, 0.05) is 15.0 Å². The van der Waals surface area contributed by atoms with E-state index in [4.69, 9.17) is 10.8 Å². The summed E-state index contributed by atoms with van der Waals surface area (Å²) in [4.78, 5) is 10.9. The molecule has 0 aliphatic heterocycles. The van der Waals surface area contributed by atoms with Crippen molar-refractivity contribution in [1.29, 1.82) is 0 Å². The molecule has 0 fully saturated rings. The molecular formula is C12H15BrFNO2S. The SMILES string of the molecule is CC(C)(SCc1ccc(F)cc1Br)[C@@H](N)C(=O)O. The Morgan fingerprint density at radius 3 is 2.72 bits per heavy atom. The zero-order valence-electron chi connectivity index (χ0n) is 10.1. The number of carbonyl (C=O) groups is 1. The molecule has 0 aromatic heterocycles. The Labute approximate surface area is 118 Å². The summed E-state index contributed by atoms with van der Waals surface area (Å²) >= 11 is 4.71. The second-order valence-electron chi connectivity index (χ2n) is 4.44. The summed E-state index contributed by atoms with van der Waals surface area (Å²) in [5.74, 6) is -0.766. The highest BCUT2D eigenvalue weighted by molar-refractivity contribution is 9.10. The van der Waals surface area contributed by atoms with Gasteiger partial charge in [-0.05, 0) is 31.5 Å². The lowest BCUT2D eigenvalue weighted by Gasteiger charge is -2.28. The van der Waals surface area contributed by atoms with Crippen LogP contribution in [0.15, 0.2) is 22.7 Å². The molecule has 0 unspecified atom stereocenters. The zero-order chi connectivity index (χ0) is 13.9. The van der Waals surface area contributed by atoms with E-state index in [1.54, 1.807) is 19.9 Å². The standard InChI is InChI=1S/C12H15BrFNO2S/c1-12(2,10(15)11(16)17)18-6-7-3-4-8(14)5-9(7)13/h3-5,10H,6,15H2,1-2H3,(H,16,17)/t10-/m0/s1. The largest absolute Gasteiger partial charge is 0.480 e. The lowest BCUT2D eigenvalue weighted by Crippen LogP contribution is -2.46. The molecule has 0 bridgehead atoms. The average Bonchev–Trinajstić information content (AvgIpc) is 2.26. The maximum absolute atomic E-state index is 12.9. The Morgan fingerprint density at radius 1 is 1.61 bits per heavy atom. The fourth-order valence-corrected chi connectivity index (χ4v) is 3.03. The lowest BCUT2D eigenvalue weighted by molar-refractivity contribution is -0.139. The fraction of sp³-hybridized carbons (Fsp3) is 0.417. The van der Waals surface area contributed by atoms with Crippen molar-refractivity contribution >= 4 is 33.7 Å². The van der Waals surface area contributed by atoms with E-state index in [2.05, 4.69) is 15.9 Å². The highest BCUT2D eigenvalue weighted by atomic mass is 79.9. The summed E-state index contributed by atoms with van der Waals surface area (Å²) in [7, 11) is 0. The number of carboxylic acids is 1. The van der Waals surface area contributed by atoms with Gasteiger partial charge in [-0.1, -0.05) is 22.0 Å². The minimum absolute atomic E-state index is 0.308. The van der Waals surface area contributed by atoms with E-state index in [0.29, 0.717) is 10.2 Å². The Balaban J connectivity index is 2.72. The van der Waals surface area contributed by atoms with Crippen LogP contribution in [0.1, 0.15) is 19.4 Å². The molecule has 0 radical (unpaired) electrons. The van der Waals surface area contributed by atoms with Crippen molar-refractivity contribution in [3.05, 3.63) is 34.1 Å². The smallest absolute Gasteiger partial charge is 0.321 e. The first-order valence-corrected chi connectivity index (χ1v) is 7.08. The minimum atomic E-state index is -1.02. The van der Waals surface area contributed by atoms with Gasteiger partial charge in [0.05, 0.1) is 0 Å². The second kappa shape index (κ2) is 6.04. The van der Waals surface area contributed by atoms with Crippen LogP contribution in [0.4, 0.5) is 4.39 Å². The first kappa shape index (κ1) is 15.5. The highest BCUT2D eigenvalue weighted by Crippen LogP contribution is 2.32. The number of nitrogens with two attached hydrogens (primary N) is 1. The molecule has 1 aromatic rings. The van der Waals surface area contributed by atoms with Crippen molar-refractivity contribution in [3.63, 3.8) is 0 Å². The third-order valence-electron chi connectivity index (χ3n) is 2.63. The second-order valence-corrected chi connectivity index (χ2v) is 6.93. The summed E-state index contributed by atoms with van der Waals surface area (Å²) in [5.41, 5.74) is 6.54. The van der Waals surface area contributed by atoms with Crippen LogP contribution in [-0.2, 0) is 10.5 Å². The van der Waals surface area contributed by atoms with Gasteiger partial charge in [-0.25, -0.2) is 4.39 Å². The van der Waals surface area contributed by atoms with Crippen molar-refractivity contribution in [2.45, 2.75) is 30.4 Å². The third kappa shape index (κ3) is 3.96. The maximum atomic E-state index is 12.9.